The molecule has 4 nitrogen and oxygen atoms in total. The fourth-order valence-electron chi connectivity index (χ4n) is 1.54. The average molecular weight is 216 g/mol. The van der Waals surface area contributed by atoms with Crippen molar-refractivity contribution in [3.8, 4) is 0 Å². The first-order valence-corrected chi connectivity index (χ1v) is 5.52. The minimum Gasteiger partial charge on any atom is -0.313 e. The van der Waals surface area contributed by atoms with E-state index in [2.05, 4.69) is 39.7 Å². The molecule has 0 radical (unpaired) electrons. The van der Waals surface area contributed by atoms with Gasteiger partial charge in [0.25, 0.3) is 0 Å². The lowest BCUT2D eigenvalue weighted by molar-refractivity contribution is 0.542. The van der Waals surface area contributed by atoms with Gasteiger partial charge in [-0.25, -0.2) is 4.98 Å². The molecule has 0 atom stereocenters. The summed E-state index contributed by atoms with van der Waals surface area (Å²) in [6.07, 6.45) is 4.38. The van der Waals surface area contributed by atoms with E-state index < -0.39 is 0 Å². The van der Waals surface area contributed by atoms with Crippen LogP contribution in [0.15, 0.2) is 43.0 Å². The largest absolute Gasteiger partial charge is 0.313 e. The predicted octanol–water partition coefficient (Wildman–Crippen LogP) is 1.46. The van der Waals surface area contributed by atoms with Crippen LogP contribution in [0.25, 0.3) is 0 Å². The maximum Gasteiger partial charge on any atom is 0.137 e. The van der Waals surface area contributed by atoms with Crippen molar-refractivity contribution in [1.29, 1.82) is 0 Å². The number of rotatable bonds is 6. The minimum atomic E-state index is 0.918. The predicted molar refractivity (Wildman–Crippen MR) is 62.8 cm³/mol. The molecule has 0 fully saturated rings. The Balaban J connectivity index is 1.59. The summed E-state index contributed by atoms with van der Waals surface area (Å²) in [6.45, 7) is 2.84. The fourth-order valence-corrected chi connectivity index (χ4v) is 1.54. The van der Waals surface area contributed by atoms with E-state index in [1.165, 1.54) is 5.56 Å². The number of benzene rings is 1. The maximum absolute atomic E-state index is 4.05. The maximum atomic E-state index is 4.05. The van der Waals surface area contributed by atoms with Gasteiger partial charge in [-0.3, -0.25) is 4.68 Å². The highest BCUT2D eigenvalue weighted by Gasteiger charge is 1.93. The summed E-state index contributed by atoms with van der Waals surface area (Å²) in [7, 11) is 0. The molecule has 1 aromatic heterocycles. The molecule has 0 saturated heterocycles. The van der Waals surface area contributed by atoms with E-state index in [9.17, 15) is 0 Å². The molecule has 84 valence electrons. The van der Waals surface area contributed by atoms with E-state index >= 15 is 0 Å². The first kappa shape index (κ1) is 10.8. The minimum absolute atomic E-state index is 0.918. The van der Waals surface area contributed by atoms with Gasteiger partial charge in [0.15, 0.2) is 0 Å². The zero-order valence-corrected chi connectivity index (χ0v) is 9.21. The number of aromatic nitrogens is 3. The van der Waals surface area contributed by atoms with Gasteiger partial charge in [-0.1, -0.05) is 30.3 Å². The zero-order valence-electron chi connectivity index (χ0n) is 9.21. The van der Waals surface area contributed by atoms with E-state index in [1.807, 2.05) is 10.7 Å². The molecule has 4 heteroatoms. The second-order valence-corrected chi connectivity index (χ2v) is 3.67. The number of nitrogens with zero attached hydrogens (tertiary/aromatic N) is 3. The van der Waals surface area contributed by atoms with Crippen molar-refractivity contribution in [2.24, 2.45) is 0 Å². The van der Waals surface area contributed by atoms with Crippen LogP contribution < -0.4 is 5.32 Å². The molecular weight excluding hydrogens is 200 g/mol. The molecule has 0 spiro atoms. The van der Waals surface area contributed by atoms with Gasteiger partial charge in [-0.05, 0) is 18.5 Å². The molecule has 1 aromatic carbocycles. The molecule has 2 rings (SSSR count). The van der Waals surface area contributed by atoms with E-state index in [1.54, 1.807) is 12.7 Å². The smallest absolute Gasteiger partial charge is 0.137 e. The molecule has 0 saturated carbocycles. The van der Waals surface area contributed by atoms with Gasteiger partial charge in [-0.15, -0.1) is 0 Å². The van der Waals surface area contributed by atoms with Crippen LogP contribution in [0.4, 0.5) is 0 Å². The van der Waals surface area contributed by atoms with Gasteiger partial charge in [-0.2, -0.15) is 5.10 Å². The van der Waals surface area contributed by atoms with Crippen molar-refractivity contribution in [2.45, 2.75) is 19.5 Å². The zero-order chi connectivity index (χ0) is 11.1. The molecule has 0 bridgehead atoms. The van der Waals surface area contributed by atoms with Gasteiger partial charge >= 0.3 is 0 Å². The first-order valence-electron chi connectivity index (χ1n) is 5.52. The van der Waals surface area contributed by atoms with Gasteiger partial charge < -0.3 is 5.32 Å². The van der Waals surface area contributed by atoms with Gasteiger partial charge in [0, 0.05) is 13.1 Å². The van der Waals surface area contributed by atoms with Crippen molar-refractivity contribution in [1.82, 2.24) is 20.1 Å². The van der Waals surface area contributed by atoms with Crippen LogP contribution >= 0.6 is 0 Å². The summed E-state index contributed by atoms with van der Waals surface area (Å²) >= 11 is 0. The molecule has 0 unspecified atom stereocenters. The van der Waals surface area contributed by atoms with Crippen LogP contribution in [0.3, 0.4) is 0 Å². The van der Waals surface area contributed by atoms with Crippen molar-refractivity contribution in [2.75, 3.05) is 6.54 Å². The molecule has 1 N–H and O–H groups in total. The van der Waals surface area contributed by atoms with Gasteiger partial charge in [0.2, 0.25) is 0 Å². The van der Waals surface area contributed by atoms with Crippen molar-refractivity contribution >= 4 is 0 Å². The summed E-state index contributed by atoms with van der Waals surface area (Å²) in [4.78, 5) is 3.90. The fraction of sp³-hybridized carbons (Fsp3) is 0.333. The van der Waals surface area contributed by atoms with E-state index in [4.69, 9.17) is 0 Å². The second kappa shape index (κ2) is 6.02. The Labute approximate surface area is 95.3 Å². The highest BCUT2D eigenvalue weighted by Crippen LogP contribution is 1.97. The van der Waals surface area contributed by atoms with Crippen LogP contribution in [0.2, 0.25) is 0 Å². The van der Waals surface area contributed by atoms with Gasteiger partial charge in [0.05, 0.1) is 0 Å². The third-order valence-corrected chi connectivity index (χ3v) is 2.38. The van der Waals surface area contributed by atoms with E-state index in [-0.39, 0.29) is 0 Å². The number of aryl methyl sites for hydroxylation is 1. The van der Waals surface area contributed by atoms with Crippen molar-refractivity contribution < 1.29 is 0 Å². The Bertz CT molecular complexity index is 383. The van der Waals surface area contributed by atoms with Crippen LogP contribution in [0, 0.1) is 0 Å². The molecule has 2 aromatic rings. The Morgan fingerprint density at radius 1 is 1.19 bits per heavy atom. The Hall–Kier alpha value is -1.68. The topological polar surface area (TPSA) is 42.7 Å². The van der Waals surface area contributed by atoms with Crippen LogP contribution in [-0.4, -0.2) is 21.3 Å². The lowest BCUT2D eigenvalue weighted by atomic mass is 10.2. The number of nitrogens with one attached hydrogen (secondary N) is 1. The third kappa shape index (κ3) is 3.47. The molecule has 16 heavy (non-hydrogen) atoms. The Morgan fingerprint density at radius 2 is 2.06 bits per heavy atom. The first-order chi connectivity index (χ1) is 7.95. The lowest BCUT2D eigenvalue weighted by Gasteiger charge is -2.04. The summed E-state index contributed by atoms with van der Waals surface area (Å²) in [5.41, 5.74) is 1.32. The summed E-state index contributed by atoms with van der Waals surface area (Å²) in [5, 5.41) is 7.45. The van der Waals surface area contributed by atoms with E-state index in [0.29, 0.717) is 0 Å². The monoisotopic (exact) mass is 216 g/mol. The average Bonchev–Trinajstić information content (AvgIpc) is 2.83. The van der Waals surface area contributed by atoms with Gasteiger partial charge in [0.1, 0.15) is 12.7 Å². The number of hydrogen-bond acceptors (Lipinski definition) is 3. The quantitative estimate of drug-likeness (QED) is 0.743. The van der Waals surface area contributed by atoms with Crippen molar-refractivity contribution in [3.63, 3.8) is 0 Å². The second-order valence-electron chi connectivity index (χ2n) is 3.67. The molecular formula is C12H16N4. The van der Waals surface area contributed by atoms with Crippen LogP contribution in [-0.2, 0) is 13.1 Å². The Morgan fingerprint density at radius 3 is 2.81 bits per heavy atom. The molecule has 0 aliphatic rings. The highest BCUT2D eigenvalue weighted by molar-refractivity contribution is 5.14. The molecule has 0 aliphatic heterocycles. The van der Waals surface area contributed by atoms with E-state index in [0.717, 1.165) is 26.1 Å². The molecule has 1 heterocycles. The van der Waals surface area contributed by atoms with Crippen LogP contribution in [0.5, 0.6) is 0 Å². The standard InChI is InChI=1S/C12H16N4/c1-2-5-12(6-3-1)9-13-7-4-8-16-11-14-10-15-16/h1-3,5-6,10-11,13H,4,7-9H2. The Kier molecular flexibility index (Phi) is 4.08. The molecule has 0 aliphatic carbocycles. The molecule has 0 amide bonds. The highest BCUT2D eigenvalue weighted by atomic mass is 15.3. The summed E-state index contributed by atoms with van der Waals surface area (Å²) < 4.78 is 1.85. The van der Waals surface area contributed by atoms with Crippen LogP contribution in [0.1, 0.15) is 12.0 Å². The lowest BCUT2D eigenvalue weighted by Crippen LogP contribution is -2.16. The SMILES string of the molecule is c1ccc(CNCCCn2cncn2)cc1. The summed E-state index contributed by atoms with van der Waals surface area (Å²) in [5.74, 6) is 0. The number of hydrogen-bond donors (Lipinski definition) is 1. The normalized spacial score (nSPS) is 10.5. The van der Waals surface area contributed by atoms with Crippen molar-refractivity contribution in [3.05, 3.63) is 48.5 Å². The summed E-state index contributed by atoms with van der Waals surface area (Å²) in [6, 6.07) is 10.4. The third-order valence-electron chi connectivity index (χ3n) is 2.38.